The first-order chi connectivity index (χ1) is 10.1. The van der Waals surface area contributed by atoms with Crippen molar-refractivity contribution in [2.45, 2.75) is 19.4 Å². The number of nitrogens with zero attached hydrogens (tertiary/aromatic N) is 3. The summed E-state index contributed by atoms with van der Waals surface area (Å²) in [6, 6.07) is 6.24. The number of allylic oxidation sites excluding steroid dienone is 1. The maximum Gasteiger partial charge on any atom is 0.352 e. The third-order valence-corrected chi connectivity index (χ3v) is 3.27. The first-order valence-corrected chi connectivity index (χ1v) is 6.55. The van der Waals surface area contributed by atoms with Crippen LogP contribution >= 0.6 is 0 Å². The van der Waals surface area contributed by atoms with E-state index < -0.39 is 12.0 Å². The first-order valence-electron chi connectivity index (χ1n) is 6.55. The van der Waals surface area contributed by atoms with Crippen molar-refractivity contribution < 1.29 is 15.0 Å². The van der Waals surface area contributed by atoms with Gasteiger partial charge in [0.1, 0.15) is 17.5 Å². The molecule has 0 saturated carbocycles. The molecule has 2 aromatic rings. The molecule has 0 spiro atoms. The van der Waals surface area contributed by atoms with E-state index >= 15 is 0 Å². The number of carboxylic acid groups (broad SMARTS) is 1. The summed E-state index contributed by atoms with van der Waals surface area (Å²) in [5.41, 5.74) is 0.787. The molecule has 7 nitrogen and oxygen atoms in total. The van der Waals surface area contributed by atoms with Crippen molar-refractivity contribution >= 4 is 11.9 Å². The van der Waals surface area contributed by atoms with Crippen molar-refractivity contribution in [2.24, 2.45) is 0 Å². The number of anilines is 1. The number of hydrogen-bond acceptors (Lipinski definition) is 5. The number of carboxylic acids is 1. The number of aliphatic carboxylic acids is 1. The smallest absolute Gasteiger partial charge is 0.352 e. The predicted octanol–water partition coefficient (Wildman–Crippen LogP) is 1.53. The summed E-state index contributed by atoms with van der Waals surface area (Å²) in [6.45, 7) is 1.93. The van der Waals surface area contributed by atoms with Crippen LogP contribution in [0.4, 0.5) is 5.95 Å². The van der Waals surface area contributed by atoms with Crippen LogP contribution in [0, 0.1) is 0 Å². The zero-order valence-electron chi connectivity index (χ0n) is 11.3. The van der Waals surface area contributed by atoms with Gasteiger partial charge >= 0.3 is 5.97 Å². The summed E-state index contributed by atoms with van der Waals surface area (Å²) in [5.74, 6) is 0.0731. The second-order valence-corrected chi connectivity index (χ2v) is 4.70. The minimum atomic E-state index is -1.06. The third-order valence-electron chi connectivity index (χ3n) is 3.27. The summed E-state index contributed by atoms with van der Waals surface area (Å²) in [5, 5.41) is 26.0. The van der Waals surface area contributed by atoms with Gasteiger partial charge in [0.05, 0.1) is 0 Å². The highest BCUT2D eigenvalue weighted by Gasteiger charge is 2.26. The van der Waals surface area contributed by atoms with Gasteiger partial charge in [-0.2, -0.15) is 10.1 Å². The number of hydrogen-bond donors (Lipinski definition) is 3. The number of phenolic OH excluding ortho intramolecular Hbond substituents is 1. The molecular weight excluding hydrogens is 272 g/mol. The Morgan fingerprint density at radius 3 is 2.95 bits per heavy atom. The minimum absolute atomic E-state index is 0.0471. The molecule has 0 radical (unpaired) electrons. The van der Waals surface area contributed by atoms with E-state index in [0.717, 1.165) is 5.56 Å². The molecule has 1 aromatic heterocycles. The topological polar surface area (TPSA) is 100 Å². The zero-order valence-corrected chi connectivity index (χ0v) is 11.3. The number of aromatic hydroxyl groups is 1. The van der Waals surface area contributed by atoms with E-state index in [-0.39, 0.29) is 11.4 Å². The molecule has 0 saturated heterocycles. The SMILES string of the molecule is CCc1nc2n(n1)C(c1cccc(O)c1)C=C(C(=O)O)N2. The Hall–Kier alpha value is -2.83. The predicted molar refractivity (Wildman–Crippen MR) is 75.0 cm³/mol. The van der Waals surface area contributed by atoms with E-state index in [1.54, 1.807) is 29.0 Å². The minimum Gasteiger partial charge on any atom is -0.508 e. The fraction of sp³-hybridized carbons (Fsp3) is 0.214. The lowest BCUT2D eigenvalue weighted by Crippen LogP contribution is -2.24. The summed E-state index contributed by atoms with van der Waals surface area (Å²) >= 11 is 0. The zero-order chi connectivity index (χ0) is 15.0. The lowest BCUT2D eigenvalue weighted by molar-refractivity contribution is -0.132. The Morgan fingerprint density at radius 2 is 2.29 bits per heavy atom. The van der Waals surface area contributed by atoms with E-state index in [0.29, 0.717) is 18.2 Å². The van der Waals surface area contributed by atoms with Gasteiger partial charge in [0.25, 0.3) is 0 Å². The molecule has 1 aliphatic rings. The normalized spacial score (nSPS) is 16.8. The van der Waals surface area contributed by atoms with E-state index in [4.69, 9.17) is 0 Å². The Labute approximate surface area is 120 Å². The number of benzene rings is 1. The number of fused-ring (bicyclic) bond motifs is 1. The molecule has 21 heavy (non-hydrogen) atoms. The van der Waals surface area contributed by atoms with Gasteiger partial charge in [-0.1, -0.05) is 19.1 Å². The fourth-order valence-corrected chi connectivity index (χ4v) is 2.26. The van der Waals surface area contributed by atoms with Crippen molar-refractivity contribution in [1.29, 1.82) is 0 Å². The molecule has 0 fully saturated rings. The van der Waals surface area contributed by atoms with E-state index in [2.05, 4.69) is 15.4 Å². The molecule has 108 valence electrons. The lowest BCUT2D eigenvalue weighted by Gasteiger charge is -2.22. The maximum atomic E-state index is 11.2. The lowest BCUT2D eigenvalue weighted by atomic mass is 10.0. The van der Waals surface area contributed by atoms with Crippen LogP contribution < -0.4 is 5.32 Å². The Balaban J connectivity index is 2.12. The number of nitrogens with one attached hydrogen (secondary N) is 1. The van der Waals surface area contributed by atoms with Gasteiger partial charge in [-0.25, -0.2) is 9.48 Å². The molecule has 2 heterocycles. The summed E-state index contributed by atoms with van der Waals surface area (Å²) in [7, 11) is 0. The molecule has 3 N–H and O–H groups in total. The molecule has 0 bridgehead atoms. The van der Waals surface area contributed by atoms with Gasteiger partial charge in [0.15, 0.2) is 5.82 Å². The Morgan fingerprint density at radius 1 is 1.48 bits per heavy atom. The quantitative estimate of drug-likeness (QED) is 0.791. The van der Waals surface area contributed by atoms with Crippen LogP contribution in [0.1, 0.15) is 24.4 Å². The van der Waals surface area contributed by atoms with Crippen molar-refractivity contribution in [2.75, 3.05) is 5.32 Å². The van der Waals surface area contributed by atoms with Crippen LogP contribution in [-0.4, -0.2) is 30.9 Å². The van der Waals surface area contributed by atoms with Gasteiger partial charge in [-0.05, 0) is 23.8 Å². The van der Waals surface area contributed by atoms with Gasteiger partial charge in [-0.15, -0.1) is 0 Å². The van der Waals surface area contributed by atoms with Crippen LogP contribution in [0.3, 0.4) is 0 Å². The van der Waals surface area contributed by atoms with Crippen LogP contribution in [0.2, 0.25) is 0 Å². The fourth-order valence-electron chi connectivity index (χ4n) is 2.26. The molecule has 3 rings (SSSR count). The second-order valence-electron chi connectivity index (χ2n) is 4.70. The molecule has 0 aliphatic carbocycles. The van der Waals surface area contributed by atoms with Crippen molar-refractivity contribution in [3.8, 4) is 5.75 Å². The van der Waals surface area contributed by atoms with E-state index in [9.17, 15) is 15.0 Å². The van der Waals surface area contributed by atoms with Crippen molar-refractivity contribution in [1.82, 2.24) is 14.8 Å². The van der Waals surface area contributed by atoms with Crippen LogP contribution in [0.25, 0.3) is 0 Å². The van der Waals surface area contributed by atoms with Crippen molar-refractivity contribution in [3.63, 3.8) is 0 Å². The summed E-state index contributed by atoms with van der Waals surface area (Å²) < 4.78 is 1.63. The standard InChI is InChI=1S/C14H14N4O3/c1-2-12-16-14-15-10(13(20)21)7-11(18(14)17-12)8-4-3-5-9(19)6-8/h3-7,11,19H,2H2,1H3,(H,20,21)(H,15,16,17). The van der Waals surface area contributed by atoms with E-state index in [1.807, 2.05) is 13.0 Å². The van der Waals surface area contributed by atoms with Crippen LogP contribution in [-0.2, 0) is 11.2 Å². The number of rotatable bonds is 3. The van der Waals surface area contributed by atoms with E-state index in [1.165, 1.54) is 0 Å². The molecule has 1 aliphatic heterocycles. The number of aromatic nitrogens is 3. The van der Waals surface area contributed by atoms with Crippen LogP contribution in [0.15, 0.2) is 36.0 Å². The summed E-state index contributed by atoms with van der Waals surface area (Å²) in [4.78, 5) is 15.5. The maximum absolute atomic E-state index is 11.2. The van der Waals surface area contributed by atoms with Gasteiger partial charge < -0.3 is 15.5 Å². The molecule has 1 atom stereocenters. The number of aryl methyl sites for hydroxylation is 1. The van der Waals surface area contributed by atoms with Gasteiger partial charge in [-0.3, -0.25) is 0 Å². The highest BCUT2D eigenvalue weighted by molar-refractivity contribution is 5.90. The molecular formula is C14H14N4O3. The largest absolute Gasteiger partial charge is 0.508 e. The molecule has 1 aromatic carbocycles. The molecule has 7 heteroatoms. The summed E-state index contributed by atoms with van der Waals surface area (Å²) in [6.07, 6.45) is 2.20. The highest BCUT2D eigenvalue weighted by atomic mass is 16.4. The van der Waals surface area contributed by atoms with Gasteiger partial charge in [0.2, 0.25) is 5.95 Å². The highest BCUT2D eigenvalue weighted by Crippen LogP contribution is 2.30. The number of phenols is 1. The molecule has 0 amide bonds. The van der Waals surface area contributed by atoms with Crippen molar-refractivity contribution in [3.05, 3.63) is 47.4 Å². The number of carbonyl (C=O) groups is 1. The molecule has 1 unspecified atom stereocenters. The average Bonchev–Trinajstić information content (AvgIpc) is 2.89. The Bertz CT molecular complexity index is 736. The monoisotopic (exact) mass is 286 g/mol. The average molecular weight is 286 g/mol. The first kappa shape index (κ1) is 13.2. The van der Waals surface area contributed by atoms with Crippen LogP contribution in [0.5, 0.6) is 5.75 Å². The second kappa shape index (κ2) is 4.93. The Kier molecular flexibility index (Phi) is 3.09. The van der Waals surface area contributed by atoms with Gasteiger partial charge in [0, 0.05) is 6.42 Å². The third kappa shape index (κ3) is 2.33.